The van der Waals surface area contributed by atoms with Crippen LogP contribution >= 0.6 is 0 Å². The minimum atomic E-state index is -3.47. The van der Waals surface area contributed by atoms with E-state index in [0.29, 0.717) is 5.56 Å². The minimum absolute atomic E-state index is 0.0198. The maximum atomic E-state index is 12.9. The first-order valence-corrected chi connectivity index (χ1v) is 9.72. The number of aromatic nitrogens is 2. The predicted octanol–water partition coefficient (Wildman–Crippen LogP) is 2.16. The molecule has 0 radical (unpaired) electrons. The average Bonchev–Trinajstić information content (AvgIpc) is 3.16. The molecule has 140 valence electrons. The molecule has 0 saturated carbocycles. The van der Waals surface area contributed by atoms with E-state index >= 15 is 0 Å². The van der Waals surface area contributed by atoms with Gasteiger partial charge in [0, 0.05) is 13.0 Å². The van der Waals surface area contributed by atoms with Crippen molar-refractivity contribution in [2.75, 3.05) is 5.75 Å². The summed E-state index contributed by atoms with van der Waals surface area (Å²) in [6.45, 7) is 0.166. The van der Waals surface area contributed by atoms with E-state index in [9.17, 15) is 17.6 Å². The molecule has 1 N–H and O–H groups in total. The number of hydrogen-bond donors (Lipinski definition) is 1. The maximum absolute atomic E-state index is 12.9. The molecule has 3 aromatic rings. The van der Waals surface area contributed by atoms with Crippen LogP contribution in [0.5, 0.6) is 0 Å². The first-order chi connectivity index (χ1) is 12.9. The lowest BCUT2D eigenvalue weighted by atomic mass is 10.2. The van der Waals surface area contributed by atoms with Gasteiger partial charge in [-0.1, -0.05) is 35.5 Å². The molecule has 0 saturated heterocycles. The number of carbonyl (C=O) groups is 1. The summed E-state index contributed by atoms with van der Waals surface area (Å²) in [5, 5.41) is 6.21. The minimum Gasteiger partial charge on any atom is -0.344 e. The van der Waals surface area contributed by atoms with Gasteiger partial charge in [-0.25, -0.2) is 12.8 Å². The second kappa shape index (κ2) is 8.09. The van der Waals surface area contributed by atoms with E-state index in [0.717, 1.165) is 0 Å². The summed E-state index contributed by atoms with van der Waals surface area (Å²) < 4.78 is 42.2. The largest absolute Gasteiger partial charge is 0.344 e. The number of amides is 1. The lowest BCUT2D eigenvalue weighted by molar-refractivity contribution is 0.0907. The molecule has 0 atom stereocenters. The number of aryl methyl sites for hydroxylation is 1. The van der Waals surface area contributed by atoms with Crippen molar-refractivity contribution < 1.29 is 22.1 Å². The molecule has 0 aliphatic heterocycles. The zero-order valence-corrected chi connectivity index (χ0v) is 14.9. The molecule has 7 nitrogen and oxygen atoms in total. The number of nitrogens with zero attached hydrogens (tertiary/aromatic N) is 2. The first-order valence-electron chi connectivity index (χ1n) is 8.07. The molecule has 9 heteroatoms. The molecule has 0 aliphatic rings. The monoisotopic (exact) mass is 389 g/mol. The number of benzene rings is 2. The fraction of sp³-hybridized carbons (Fsp3) is 0.167. The quantitative estimate of drug-likeness (QED) is 0.664. The number of hydrogen-bond acceptors (Lipinski definition) is 6. The van der Waals surface area contributed by atoms with Crippen molar-refractivity contribution >= 4 is 15.7 Å². The van der Waals surface area contributed by atoms with E-state index in [2.05, 4.69) is 15.5 Å². The van der Waals surface area contributed by atoms with Crippen LogP contribution in [0.1, 0.15) is 22.1 Å². The third-order valence-electron chi connectivity index (χ3n) is 3.73. The molecule has 27 heavy (non-hydrogen) atoms. The Hall–Kier alpha value is -3.07. The zero-order chi connectivity index (χ0) is 19.3. The van der Waals surface area contributed by atoms with Gasteiger partial charge in [0.25, 0.3) is 0 Å². The van der Waals surface area contributed by atoms with Crippen LogP contribution in [0.2, 0.25) is 0 Å². The topological polar surface area (TPSA) is 102 Å². The SMILES string of the molecule is O=C(NCc1ccc(F)cc1)c1nc(CCS(=O)(=O)c2ccccc2)no1. The summed E-state index contributed by atoms with van der Waals surface area (Å²) >= 11 is 0. The number of rotatable bonds is 7. The van der Waals surface area contributed by atoms with Crippen molar-refractivity contribution in [1.29, 1.82) is 0 Å². The van der Waals surface area contributed by atoms with E-state index in [1.165, 1.54) is 24.3 Å². The first kappa shape index (κ1) is 18.7. The molecule has 0 aliphatic carbocycles. The molecular formula is C18H16FN3O4S. The van der Waals surface area contributed by atoms with Gasteiger partial charge in [0.05, 0.1) is 10.6 Å². The Labute approximate surface area is 155 Å². The third kappa shape index (κ3) is 4.98. The van der Waals surface area contributed by atoms with Crippen LogP contribution in [0.4, 0.5) is 4.39 Å². The highest BCUT2D eigenvalue weighted by atomic mass is 32.2. The molecule has 1 amide bonds. The van der Waals surface area contributed by atoms with Crippen LogP contribution in [0.15, 0.2) is 64.0 Å². The van der Waals surface area contributed by atoms with Crippen LogP contribution in [0.25, 0.3) is 0 Å². The lowest BCUT2D eigenvalue weighted by Gasteiger charge is -2.02. The molecule has 0 unspecified atom stereocenters. The van der Waals surface area contributed by atoms with Crippen molar-refractivity contribution in [2.24, 2.45) is 0 Å². The van der Waals surface area contributed by atoms with Crippen molar-refractivity contribution in [3.8, 4) is 0 Å². The average molecular weight is 389 g/mol. The molecule has 0 bridgehead atoms. The highest BCUT2D eigenvalue weighted by Gasteiger charge is 2.18. The van der Waals surface area contributed by atoms with Gasteiger partial charge in [0.2, 0.25) is 0 Å². The van der Waals surface area contributed by atoms with Gasteiger partial charge in [0.1, 0.15) is 5.82 Å². The number of nitrogens with one attached hydrogen (secondary N) is 1. The maximum Gasteiger partial charge on any atom is 0.315 e. The summed E-state index contributed by atoms with van der Waals surface area (Å²) in [5.74, 6) is -1.29. The third-order valence-corrected chi connectivity index (χ3v) is 5.46. The smallest absolute Gasteiger partial charge is 0.315 e. The summed E-state index contributed by atoms with van der Waals surface area (Å²) in [6.07, 6.45) is 0.0198. The Kier molecular flexibility index (Phi) is 5.60. The highest BCUT2D eigenvalue weighted by molar-refractivity contribution is 7.91. The van der Waals surface area contributed by atoms with Crippen molar-refractivity contribution in [3.05, 3.63) is 77.7 Å². The number of carbonyl (C=O) groups excluding carboxylic acids is 1. The second-order valence-corrected chi connectivity index (χ2v) is 7.82. The summed E-state index contributed by atoms with van der Waals surface area (Å²) in [5.41, 5.74) is 0.707. The zero-order valence-electron chi connectivity index (χ0n) is 14.1. The van der Waals surface area contributed by atoms with E-state index in [-0.39, 0.29) is 41.1 Å². The van der Waals surface area contributed by atoms with Crippen molar-refractivity contribution in [1.82, 2.24) is 15.5 Å². The second-order valence-electron chi connectivity index (χ2n) is 5.71. The summed E-state index contributed by atoms with van der Waals surface area (Å²) in [4.78, 5) is 16.2. The lowest BCUT2D eigenvalue weighted by Crippen LogP contribution is -2.23. The van der Waals surface area contributed by atoms with Crippen LogP contribution < -0.4 is 5.32 Å². The highest BCUT2D eigenvalue weighted by Crippen LogP contribution is 2.11. The van der Waals surface area contributed by atoms with Gasteiger partial charge in [-0.2, -0.15) is 4.98 Å². The standard InChI is InChI=1S/C18H16FN3O4S/c19-14-8-6-13(7-9-14)12-20-17(23)18-21-16(22-26-18)10-11-27(24,25)15-4-2-1-3-5-15/h1-9H,10-12H2,(H,20,23). The van der Waals surface area contributed by atoms with Gasteiger partial charge < -0.3 is 9.84 Å². The molecule has 0 spiro atoms. The van der Waals surface area contributed by atoms with E-state index in [1.807, 2.05) is 0 Å². The number of sulfone groups is 1. The van der Waals surface area contributed by atoms with E-state index in [4.69, 9.17) is 4.52 Å². The molecule has 0 fully saturated rings. The van der Waals surface area contributed by atoms with Crippen LogP contribution in [-0.4, -0.2) is 30.2 Å². The van der Waals surface area contributed by atoms with Gasteiger partial charge in [0.15, 0.2) is 15.7 Å². The molecule has 3 rings (SSSR count). The summed E-state index contributed by atoms with van der Waals surface area (Å²) in [7, 11) is -3.47. The Morgan fingerprint density at radius 2 is 1.78 bits per heavy atom. The van der Waals surface area contributed by atoms with Crippen LogP contribution in [0.3, 0.4) is 0 Å². The van der Waals surface area contributed by atoms with Gasteiger partial charge >= 0.3 is 11.8 Å². The Morgan fingerprint density at radius 3 is 2.48 bits per heavy atom. The predicted molar refractivity (Wildman–Crippen MR) is 94.1 cm³/mol. The molecule has 1 aromatic heterocycles. The van der Waals surface area contributed by atoms with E-state index < -0.39 is 15.7 Å². The Balaban J connectivity index is 1.56. The fourth-order valence-electron chi connectivity index (χ4n) is 2.28. The van der Waals surface area contributed by atoms with Crippen LogP contribution in [0, 0.1) is 5.82 Å². The van der Waals surface area contributed by atoms with Gasteiger partial charge in [-0.15, -0.1) is 0 Å². The Bertz CT molecular complexity index is 1020. The molecular weight excluding hydrogens is 373 g/mol. The fourth-order valence-corrected chi connectivity index (χ4v) is 3.54. The van der Waals surface area contributed by atoms with Crippen molar-refractivity contribution in [3.63, 3.8) is 0 Å². The number of halogens is 1. The van der Waals surface area contributed by atoms with E-state index in [1.54, 1.807) is 30.3 Å². The molecule has 2 aromatic carbocycles. The van der Waals surface area contributed by atoms with Crippen molar-refractivity contribution in [2.45, 2.75) is 17.9 Å². The van der Waals surface area contributed by atoms with Crippen LogP contribution in [-0.2, 0) is 22.8 Å². The van der Waals surface area contributed by atoms with Gasteiger partial charge in [-0.3, -0.25) is 4.79 Å². The normalized spacial score (nSPS) is 11.3. The molecule has 1 heterocycles. The summed E-state index contributed by atoms with van der Waals surface area (Å²) in [6, 6.07) is 13.7. The van der Waals surface area contributed by atoms with Gasteiger partial charge in [-0.05, 0) is 29.8 Å². The Morgan fingerprint density at radius 1 is 1.07 bits per heavy atom.